The number of amides is 2. The van der Waals surface area contributed by atoms with Crippen molar-refractivity contribution in [3.63, 3.8) is 0 Å². The second-order valence-electron chi connectivity index (χ2n) is 7.42. The zero-order valence-corrected chi connectivity index (χ0v) is 17.3. The quantitative estimate of drug-likeness (QED) is 0.478. The molecule has 1 saturated heterocycles. The normalized spacial score (nSPS) is 17.1. The molecule has 0 radical (unpaired) electrons. The van der Waals surface area contributed by atoms with Gasteiger partial charge in [0.1, 0.15) is 18.5 Å². The topological polar surface area (TPSA) is 55.8 Å². The summed E-state index contributed by atoms with van der Waals surface area (Å²) in [6.07, 6.45) is 2.54. The molecule has 0 aromatic heterocycles. The zero-order chi connectivity index (χ0) is 21.3. The molecular weight excluding hydrogens is 385 g/mol. The van der Waals surface area contributed by atoms with E-state index in [1.54, 1.807) is 12.1 Å². The summed E-state index contributed by atoms with van der Waals surface area (Å²) in [5.74, 6) is -0.543. The van der Waals surface area contributed by atoms with Gasteiger partial charge in [0.25, 0.3) is 0 Å². The Bertz CT molecular complexity index is 825. The van der Waals surface area contributed by atoms with Crippen LogP contribution in [0.2, 0.25) is 0 Å². The number of cyclic esters (lactones) is 1. The molecule has 5 nitrogen and oxygen atoms in total. The summed E-state index contributed by atoms with van der Waals surface area (Å²) in [6, 6.07) is 15.3. The molecule has 2 amide bonds. The van der Waals surface area contributed by atoms with Crippen LogP contribution in [0, 0.1) is 5.82 Å². The SMILES string of the molecule is CCCCO[C@@H](CCCC(=O)N1C(=O)OC[C@@H]1c1ccccc1)c1ccc(F)cc1. The van der Waals surface area contributed by atoms with Crippen LogP contribution in [0.25, 0.3) is 0 Å². The van der Waals surface area contributed by atoms with E-state index in [9.17, 15) is 14.0 Å². The third-order valence-electron chi connectivity index (χ3n) is 5.24. The number of nitrogens with zero attached hydrogens (tertiary/aromatic N) is 1. The van der Waals surface area contributed by atoms with E-state index in [4.69, 9.17) is 9.47 Å². The van der Waals surface area contributed by atoms with E-state index in [2.05, 4.69) is 6.92 Å². The van der Waals surface area contributed by atoms with Crippen LogP contribution < -0.4 is 0 Å². The molecule has 6 heteroatoms. The molecule has 1 fully saturated rings. The molecule has 1 aliphatic rings. The predicted molar refractivity (Wildman–Crippen MR) is 111 cm³/mol. The van der Waals surface area contributed by atoms with E-state index in [0.29, 0.717) is 19.4 Å². The van der Waals surface area contributed by atoms with Gasteiger partial charge >= 0.3 is 6.09 Å². The van der Waals surface area contributed by atoms with Crippen LogP contribution in [0.15, 0.2) is 54.6 Å². The maximum atomic E-state index is 13.3. The van der Waals surface area contributed by atoms with Crippen LogP contribution in [-0.4, -0.2) is 30.1 Å². The van der Waals surface area contributed by atoms with Crippen molar-refractivity contribution in [2.24, 2.45) is 0 Å². The fourth-order valence-corrected chi connectivity index (χ4v) is 3.57. The first-order valence-corrected chi connectivity index (χ1v) is 10.5. The summed E-state index contributed by atoms with van der Waals surface area (Å²) in [6.45, 7) is 2.88. The Morgan fingerprint density at radius 2 is 1.90 bits per heavy atom. The summed E-state index contributed by atoms with van der Waals surface area (Å²) in [4.78, 5) is 26.2. The van der Waals surface area contributed by atoms with E-state index in [-0.39, 0.29) is 36.9 Å². The summed E-state index contributed by atoms with van der Waals surface area (Å²) < 4.78 is 24.4. The molecule has 0 saturated carbocycles. The predicted octanol–water partition coefficient (Wildman–Crippen LogP) is 5.57. The number of ether oxygens (including phenoxy) is 2. The highest BCUT2D eigenvalue weighted by molar-refractivity contribution is 5.93. The van der Waals surface area contributed by atoms with Gasteiger partial charge in [-0.2, -0.15) is 0 Å². The zero-order valence-electron chi connectivity index (χ0n) is 17.3. The summed E-state index contributed by atoms with van der Waals surface area (Å²) in [7, 11) is 0. The van der Waals surface area contributed by atoms with Crippen molar-refractivity contribution in [2.75, 3.05) is 13.2 Å². The van der Waals surface area contributed by atoms with E-state index in [0.717, 1.165) is 24.0 Å². The van der Waals surface area contributed by atoms with Crippen molar-refractivity contribution in [2.45, 2.75) is 51.2 Å². The summed E-state index contributed by atoms with van der Waals surface area (Å²) in [5.41, 5.74) is 1.77. The van der Waals surface area contributed by atoms with Gasteiger partial charge in [0, 0.05) is 13.0 Å². The van der Waals surface area contributed by atoms with Gasteiger partial charge in [-0.15, -0.1) is 0 Å². The van der Waals surface area contributed by atoms with Crippen molar-refractivity contribution < 1.29 is 23.5 Å². The molecule has 2 aromatic carbocycles. The average molecular weight is 413 g/mol. The lowest BCUT2D eigenvalue weighted by Gasteiger charge is -2.21. The van der Waals surface area contributed by atoms with Crippen molar-refractivity contribution in [1.29, 1.82) is 0 Å². The maximum Gasteiger partial charge on any atom is 0.417 e. The third-order valence-corrected chi connectivity index (χ3v) is 5.24. The standard InChI is InChI=1S/C24H28FNO4/c1-2-3-16-29-22(19-12-14-20(25)15-13-19)10-7-11-23(27)26-21(17-30-24(26)28)18-8-5-4-6-9-18/h4-6,8-9,12-15,21-22H,2-3,7,10-11,16-17H2,1H3/t21-,22+/m1/s1. The molecule has 3 rings (SSSR count). The molecule has 160 valence electrons. The number of benzene rings is 2. The molecule has 30 heavy (non-hydrogen) atoms. The lowest BCUT2D eigenvalue weighted by Crippen LogP contribution is -2.34. The number of carbonyl (C=O) groups excluding carboxylic acids is 2. The van der Waals surface area contributed by atoms with Gasteiger partial charge in [-0.3, -0.25) is 4.79 Å². The minimum Gasteiger partial charge on any atom is -0.446 e. The first-order chi connectivity index (χ1) is 14.6. The Hall–Kier alpha value is -2.73. The number of rotatable bonds is 10. The summed E-state index contributed by atoms with van der Waals surface area (Å²) in [5, 5.41) is 0. The molecule has 2 aromatic rings. The molecule has 0 aliphatic carbocycles. The molecular formula is C24H28FNO4. The Morgan fingerprint density at radius 1 is 1.17 bits per heavy atom. The number of carbonyl (C=O) groups is 2. The van der Waals surface area contributed by atoms with Gasteiger partial charge in [0.15, 0.2) is 0 Å². The van der Waals surface area contributed by atoms with Crippen molar-refractivity contribution in [3.8, 4) is 0 Å². The van der Waals surface area contributed by atoms with Crippen LogP contribution in [-0.2, 0) is 14.3 Å². The second-order valence-corrected chi connectivity index (χ2v) is 7.42. The number of unbranched alkanes of at least 4 members (excludes halogenated alkanes) is 1. The number of halogens is 1. The largest absolute Gasteiger partial charge is 0.446 e. The Labute approximate surface area is 176 Å². The van der Waals surface area contributed by atoms with E-state index >= 15 is 0 Å². The molecule has 1 aliphatic heterocycles. The highest BCUT2D eigenvalue weighted by Crippen LogP contribution is 2.30. The van der Waals surface area contributed by atoms with Crippen molar-refractivity contribution in [1.82, 2.24) is 4.90 Å². The van der Waals surface area contributed by atoms with Crippen LogP contribution in [0.3, 0.4) is 0 Å². The second kappa shape index (κ2) is 10.9. The minimum absolute atomic E-state index is 0.174. The molecule has 2 atom stereocenters. The average Bonchev–Trinajstić information content (AvgIpc) is 3.15. The first kappa shape index (κ1) is 22.0. The van der Waals surface area contributed by atoms with E-state index < -0.39 is 6.09 Å². The minimum atomic E-state index is -0.594. The molecule has 0 spiro atoms. The van der Waals surface area contributed by atoms with Gasteiger partial charge < -0.3 is 9.47 Å². The van der Waals surface area contributed by atoms with Crippen molar-refractivity contribution in [3.05, 3.63) is 71.5 Å². The third kappa shape index (κ3) is 5.66. The molecule has 0 N–H and O–H groups in total. The van der Waals surface area contributed by atoms with Gasteiger partial charge in [-0.05, 0) is 42.5 Å². The Morgan fingerprint density at radius 3 is 2.60 bits per heavy atom. The molecule has 1 heterocycles. The molecule has 0 unspecified atom stereocenters. The number of hydrogen-bond donors (Lipinski definition) is 0. The fourth-order valence-electron chi connectivity index (χ4n) is 3.57. The van der Waals surface area contributed by atoms with Crippen LogP contribution in [0.4, 0.5) is 9.18 Å². The number of imide groups is 1. The van der Waals surface area contributed by atoms with Crippen LogP contribution >= 0.6 is 0 Å². The summed E-state index contributed by atoms with van der Waals surface area (Å²) >= 11 is 0. The highest BCUT2D eigenvalue weighted by atomic mass is 19.1. The molecule has 0 bridgehead atoms. The Kier molecular flexibility index (Phi) is 7.97. The van der Waals surface area contributed by atoms with E-state index in [1.165, 1.54) is 17.0 Å². The number of hydrogen-bond acceptors (Lipinski definition) is 4. The van der Waals surface area contributed by atoms with Gasteiger partial charge in [-0.25, -0.2) is 14.1 Å². The van der Waals surface area contributed by atoms with Gasteiger partial charge in [0.2, 0.25) is 5.91 Å². The van der Waals surface area contributed by atoms with Crippen LogP contribution in [0.1, 0.15) is 62.3 Å². The smallest absolute Gasteiger partial charge is 0.417 e. The lowest BCUT2D eigenvalue weighted by atomic mass is 10.0. The fraction of sp³-hybridized carbons (Fsp3) is 0.417. The first-order valence-electron chi connectivity index (χ1n) is 10.5. The monoisotopic (exact) mass is 413 g/mol. The van der Waals surface area contributed by atoms with Gasteiger partial charge in [0.05, 0.1) is 6.10 Å². The van der Waals surface area contributed by atoms with E-state index in [1.807, 2.05) is 30.3 Å². The van der Waals surface area contributed by atoms with Crippen molar-refractivity contribution >= 4 is 12.0 Å². The Balaban J connectivity index is 1.59. The van der Waals surface area contributed by atoms with Gasteiger partial charge in [-0.1, -0.05) is 55.8 Å². The lowest BCUT2D eigenvalue weighted by molar-refractivity contribution is -0.129. The van der Waals surface area contributed by atoms with Crippen LogP contribution in [0.5, 0.6) is 0 Å². The maximum absolute atomic E-state index is 13.3. The highest BCUT2D eigenvalue weighted by Gasteiger charge is 2.38.